The van der Waals surface area contributed by atoms with Crippen molar-refractivity contribution in [1.29, 1.82) is 0 Å². The van der Waals surface area contributed by atoms with Gasteiger partial charge in [0.25, 0.3) is 0 Å². The van der Waals surface area contributed by atoms with E-state index in [0.717, 1.165) is 6.07 Å². The van der Waals surface area contributed by atoms with E-state index in [0.29, 0.717) is 6.07 Å². The van der Waals surface area contributed by atoms with Crippen LogP contribution in [-0.4, -0.2) is 12.4 Å². The molecule has 1 aromatic rings. The topological polar surface area (TPSA) is 9.23 Å². The van der Waals surface area contributed by atoms with Gasteiger partial charge in [-0.05, 0) is 0 Å². The van der Waals surface area contributed by atoms with E-state index in [9.17, 15) is 29.2 Å². The minimum atomic E-state index is -5.77. The summed E-state index contributed by atoms with van der Waals surface area (Å²) in [6.45, 7) is 1.33. The molecule has 2 rings (SSSR count). The zero-order valence-corrected chi connectivity index (χ0v) is 11.3. The van der Waals surface area contributed by atoms with Gasteiger partial charge in [-0.3, -0.25) is 0 Å². The van der Waals surface area contributed by atoms with E-state index >= 15 is 0 Å². The molecule has 1 aliphatic rings. The summed E-state index contributed by atoms with van der Waals surface area (Å²) in [6.07, 6.45) is -11.5. The molecule has 1 aliphatic heterocycles. The third kappa shape index (κ3) is 2.01. The van der Waals surface area contributed by atoms with E-state index in [-0.39, 0.29) is 5.56 Å². The molecule has 0 unspecified atom stereocenters. The maximum absolute atomic E-state index is 13.5. The Bertz CT molecular complexity index is 494. The van der Waals surface area contributed by atoms with Gasteiger partial charge in [-0.15, -0.1) is 0 Å². The molecule has 0 saturated heterocycles. The monoisotopic (exact) mass is 402 g/mol. The van der Waals surface area contributed by atoms with Gasteiger partial charge in [-0.2, -0.15) is 0 Å². The van der Waals surface area contributed by atoms with Crippen molar-refractivity contribution in [3.8, 4) is 0 Å². The van der Waals surface area contributed by atoms with Crippen LogP contribution < -0.4 is 0 Å². The Hall–Kier alpha value is -0.580. The second-order valence-electron chi connectivity index (χ2n) is 3.94. The van der Waals surface area contributed by atoms with Crippen LogP contribution in [0.15, 0.2) is 18.2 Å². The zero-order chi connectivity index (χ0) is 14.6. The van der Waals surface area contributed by atoms with Crippen LogP contribution in [0.4, 0.5) is 29.2 Å². The molecule has 1 nitrogen and oxygen atoms in total. The molecule has 0 aliphatic carbocycles. The maximum atomic E-state index is 13.5. The predicted octanol–water partition coefficient (Wildman–Crippen LogP) is 4.82. The van der Waals surface area contributed by atoms with Crippen molar-refractivity contribution in [2.45, 2.75) is 24.9 Å². The molecule has 108 valence electrons. The summed E-state index contributed by atoms with van der Waals surface area (Å²) in [5, 5.41) is 0. The van der Waals surface area contributed by atoms with Gasteiger partial charge in [0.2, 0.25) is 0 Å². The Morgan fingerprint density at radius 2 is 1.58 bits per heavy atom. The number of aryl methyl sites for hydroxylation is 1. The summed E-state index contributed by atoms with van der Waals surface area (Å²) in [5.41, 5.74) is -5.53. The Morgan fingerprint density at radius 3 is 2.05 bits per heavy atom. The number of hydrogen-bond donors (Lipinski definition) is 0. The van der Waals surface area contributed by atoms with Crippen LogP contribution in [0.2, 0.25) is 0 Å². The van der Waals surface area contributed by atoms with Crippen molar-refractivity contribution in [1.82, 2.24) is 0 Å². The van der Waals surface area contributed by atoms with Crippen molar-refractivity contribution in [3.05, 3.63) is 32.9 Å². The first-order chi connectivity index (χ1) is 8.50. The van der Waals surface area contributed by atoms with Crippen LogP contribution >= 0.6 is 20.8 Å². The van der Waals surface area contributed by atoms with Gasteiger partial charge in [0, 0.05) is 0 Å². The number of benzene rings is 1. The van der Waals surface area contributed by atoms with Crippen LogP contribution in [-0.2, 0) is 8.67 Å². The molecule has 0 atom stereocenters. The summed E-state index contributed by atoms with van der Waals surface area (Å²) in [5.74, 6) is 0. The average molecular weight is 402 g/mol. The van der Waals surface area contributed by atoms with Gasteiger partial charge in [-0.25, -0.2) is 0 Å². The van der Waals surface area contributed by atoms with Gasteiger partial charge in [0.1, 0.15) is 0 Å². The molecule has 0 spiro atoms. The number of alkyl halides is 6. The van der Waals surface area contributed by atoms with Gasteiger partial charge >= 0.3 is 111 Å². The normalized spacial score (nSPS) is 20.5. The second-order valence-corrected chi connectivity index (χ2v) is 6.73. The molecule has 1 heterocycles. The van der Waals surface area contributed by atoms with Gasteiger partial charge in [-0.1, -0.05) is 0 Å². The number of halogens is 8. The third-order valence-electron chi connectivity index (χ3n) is 2.64. The summed E-state index contributed by atoms with van der Waals surface area (Å²) in [6, 6.07) is 2.89. The fourth-order valence-electron chi connectivity index (χ4n) is 1.78. The average Bonchev–Trinajstić information content (AvgIpc) is 2.51. The molecule has 0 N–H and O–H groups in total. The quantitative estimate of drug-likeness (QED) is 0.447. The Kier molecular flexibility index (Phi) is 3.28. The second kappa shape index (κ2) is 4.21. The molecule has 0 aromatic heterocycles. The van der Waals surface area contributed by atoms with E-state index in [2.05, 4.69) is 3.07 Å². The van der Waals surface area contributed by atoms with E-state index in [4.69, 9.17) is 0 Å². The van der Waals surface area contributed by atoms with E-state index in [1.54, 1.807) is 0 Å². The van der Waals surface area contributed by atoms with Gasteiger partial charge in [0.05, 0.1) is 0 Å². The van der Waals surface area contributed by atoms with Crippen LogP contribution in [0.5, 0.6) is 0 Å². The first-order valence-corrected chi connectivity index (χ1v) is 7.59. The Balaban J connectivity index is 2.78. The SMILES string of the molecule is Cc1ccc2c(c1)C(C(F)(F)F)(C(F)(F)F)OI2F. The molecule has 0 amide bonds. The zero-order valence-electron chi connectivity index (χ0n) is 9.16. The van der Waals surface area contributed by atoms with Crippen LogP contribution in [0, 0.1) is 10.5 Å². The molecular weight excluding hydrogens is 396 g/mol. The fourth-order valence-corrected chi connectivity index (χ4v) is 4.79. The van der Waals surface area contributed by atoms with Gasteiger partial charge < -0.3 is 0 Å². The minimum absolute atomic E-state index is 0.173. The summed E-state index contributed by atoms with van der Waals surface area (Å²) in [7, 11) is 0. The van der Waals surface area contributed by atoms with Gasteiger partial charge in [0.15, 0.2) is 0 Å². The summed E-state index contributed by atoms with van der Waals surface area (Å²) < 4.78 is 94.2. The number of fused-ring (bicyclic) bond motifs is 1. The molecule has 1 aromatic carbocycles. The molecule has 0 bridgehead atoms. The first-order valence-electron chi connectivity index (χ1n) is 4.81. The Labute approximate surface area is 111 Å². The fraction of sp³-hybridized carbons (Fsp3) is 0.400. The third-order valence-corrected chi connectivity index (χ3v) is 5.54. The molecule has 9 heteroatoms. The number of rotatable bonds is 0. The molecular formula is C10H6F7IO. The van der Waals surface area contributed by atoms with Crippen LogP contribution in [0.3, 0.4) is 0 Å². The van der Waals surface area contributed by atoms with Crippen LogP contribution in [0.1, 0.15) is 11.1 Å². The summed E-state index contributed by atoms with van der Waals surface area (Å²) in [4.78, 5) is 0. The van der Waals surface area contributed by atoms with Crippen molar-refractivity contribution in [3.63, 3.8) is 0 Å². The molecule has 0 fully saturated rings. The van der Waals surface area contributed by atoms with E-state index in [1.165, 1.54) is 13.0 Å². The predicted molar refractivity (Wildman–Crippen MR) is 59.9 cm³/mol. The molecule has 19 heavy (non-hydrogen) atoms. The molecule has 0 saturated carbocycles. The van der Waals surface area contributed by atoms with E-state index < -0.39 is 47.9 Å². The molecule has 0 radical (unpaired) electrons. The van der Waals surface area contributed by atoms with Crippen molar-refractivity contribution in [2.75, 3.05) is 0 Å². The standard InChI is InChI=1S/C10H6F7IO/c1-5-2-3-7-6(4-5)8(9(11,12)13,10(14,15)16)19-18(7)17/h2-4H,1H3. The van der Waals surface area contributed by atoms with Crippen molar-refractivity contribution in [2.24, 2.45) is 0 Å². The van der Waals surface area contributed by atoms with Crippen molar-refractivity contribution < 1.29 is 32.3 Å². The van der Waals surface area contributed by atoms with Crippen LogP contribution in [0.25, 0.3) is 0 Å². The number of hydrogen-bond acceptors (Lipinski definition) is 1. The van der Waals surface area contributed by atoms with E-state index in [1.807, 2.05) is 0 Å². The first kappa shape index (κ1) is 14.8. The Morgan fingerprint density at radius 1 is 1.05 bits per heavy atom. The summed E-state index contributed by atoms with van der Waals surface area (Å²) >= 11 is -4.42. The van der Waals surface area contributed by atoms with Crippen molar-refractivity contribution >= 4 is 20.8 Å².